The summed E-state index contributed by atoms with van der Waals surface area (Å²) in [4.78, 5) is 22.5. The molecular weight excluding hydrogens is 444 g/mol. The van der Waals surface area contributed by atoms with Gasteiger partial charge in [0.2, 0.25) is 0 Å². The van der Waals surface area contributed by atoms with Gasteiger partial charge in [-0.25, -0.2) is 4.98 Å². The van der Waals surface area contributed by atoms with E-state index in [9.17, 15) is 4.79 Å². The van der Waals surface area contributed by atoms with Crippen LogP contribution in [0.5, 0.6) is 0 Å². The summed E-state index contributed by atoms with van der Waals surface area (Å²) in [5.41, 5.74) is 7.70. The molecule has 1 unspecified atom stereocenters. The summed E-state index contributed by atoms with van der Waals surface area (Å²) in [6.07, 6.45) is 3.78. The zero-order valence-electron chi connectivity index (χ0n) is 19.7. The van der Waals surface area contributed by atoms with Gasteiger partial charge in [-0.1, -0.05) is 18.6 Å². The molecule has 3 aromatic rings. The second kappa shape index (κ2) is 10.7. The number of benzene rings is 2. The van der Waals surface area contributed by atoms with E-state index < -0.39 is 0 Å². The van der Waals surface area contributed by atoms with Gasteiger partial charge in [0, 0.05) is 47.0 Å². The van der Waals surface area contributed by atoms with E-state index in [1.807, 2.05) is 35.2 Å². The topological polar surface area (TPSA) is 57.7 Å². The molecule has 178 valence electrons. The van der Waals surface area contributed by atoms with Crippen molar-refractivity contribution in [1.82, 2.24) is 9.88 Å². The molecule has 2 aromatic carbocycles. The number of hydrogen-bond donors (Lipinski definition) is 1. The number of nitrogens with zero attached hydrogens (tertiary/aromatic N) is 3. The largest absolute Gasteiger partial charge is 0.378 e. The number of carbonyl (C=O) groups excluding carboxylic acids is 1. The lowest BCUT2D eigenvalue weighted by atomic mass is 10.00. The van der Waals surface area contributed by atoms with Gasteiger partial charge in [-0.3, -0.25) is 9.69 Å². The van der Waals surface area contributed by atoms with Crippen molar-refractivity contribution in [3.05, 3.63) is 64.5 Å². The highest BCUT2D eigenvalue weighted by Crippen LogP contribution is 2.33. The number of nitrogens with one attached hydrogen (secondary N) is 1. The van der Waals surface area contributed by atoms with Crippen LogP contribution in [0.25, 0.3) is 11.3 Å². The third-order valence-electron chi connectivity index (χ3n) is 6.92. The molecule has 1 N–H and O–H groups in total. The maximum atomic E-state index is 13.2. The fraction of sp³-hybridized carbons (Fsp3) is 0.407. The average molecular weight is 477 g/mol. The molecule has 1 amide bonds. The molecule has 6 nitrogen and oxygen atoms in total. The first-order chi connectivity index (χ1) is 16.7. The third-order valence-corrected chi connectivity index (χ3v) is 7.51. The standard InChI is InChI=1S/C27H32N4O2S/c1-20(30-11-3-2-4-12-30)24-17-23(31-13-15-33-16-14-31)9-10-25(24)29-27(32)22-7-5-21(6-8-22)26-18-34-19-28-26/h5-10,17-20H,2-4,11-16H2,1H3,(H,29,32). The molecule has 0 aliphatic carbocycles. The fourth-order valence-corrected chi connectivity index (χ4v) is 5.43. The van der Waals surface area contributed by atoms with Gasteiger partial charge >= 0.3 is 0 Å². The van der Waals surface area contributed by atoms with Crippen molar-refractivity contribution in [2.24, 2.45) is 0 Å². The van der Waals surface area contributed by atoms with Crippen LogP contribution in [0.3, 0.4) is 0 Å². The van der Waals surface area contributed by atoms with Crippen LogP contribution in [0.1, 0.15) is 48.1 Å². The van der Waals surface area contributed by atoms with Gasteiger partial charge in [-0.2, -0.15) is 0 Å². The molecule has 34 heavy (non-hydrogen) atoms. The first-order valence-electron chi connectivity index (χ1n) is 12.2. The van der Waals surface area contributed by atoms with Gasteiger partial charge in [-0.15, -0.1) is 11.3 Å². The van der Waals surface area contributed by atoms with Crippen LogP contribution in [0, 0.1) is 0 Å². The first-order valence-corrected chi connectivity index (χ1v) is 13.1. The van der Waals surface area contributed by atoms with Crippen LogP contribution in [-0.2, 0) is 4.74 Å². The van der Waals surface area contributed by atoms with E-state index in [0.717, 1.165) is 56.3 Å². The second-order valence-corrected chi connectivity index (χ2v) is 9.77. The molecule has 2 fully saturated rings. The summed E-state index contributed by atoms with van der Waals surface area (Å²) in [5.74, 6) is -0.0870. The first kappa shape index (κ1) is 23.0. The number of hydrogen-bond acceptors (Lipinski definition) is 6. The monoisotopic (exact) mass is 476 g/mol. The Kier molecular flexibility index (Phi) is 7.23. The highest BCUT2D eigenvalue weighted by atomic mass is 32.1. The number of carbonyl (C=O) groups is 1. The Hall–Kier alpha value is -2.74. The Labute approximate surface area is 205 Å². The summed E-state index contributed by atoms with van der Waals surface area (Å²) < 4.78 is 5.54. The zero-order chi connectivity index (χ0) is 23.3. The minimum atomic E-state index is -0.0870. The van der Waals surface area contributed by atoms with E-state index >= 15 is 0 Å². The van der Waals surface area contributed by atoms with Crippen molar-refractivity contribution in [2.45, 2.75) is 32.2 Å². The number of rotatable bonds is 6. The predicted molar refractivity (Wildman–Crippen MR) is 139 cm³/mol. The Morgan fingerprint density at radius 2 is 1.79 bits per heavy atom. The number of likely N-dealkylation sites (tertiary alicyclic amines) is 1. The van der Waals surface area contributed by atoms with Gasteiger partial charge in [0.15, 0.2) is 0 Å². The number of ether oxygens (including phenoxy) is 1. The maximum absolute atomic E-state index is 13.2. The molecule has 0 saturated carbocycles. The van der Waals surface area contributed by atoms with Crippen molar-refractivity contribution in [1.29, 1.82) is 0 Å². The maximum Gasteiger partial charge on any atom is 0.255 e. The van der Waals surface area contributed by atoms with Crippen LogP contribution in [0.15, 0.2) is 53.4 Å². The highest BCUT2D eigenvalue weighted by molar-refractivity contribution is 7.07. The minimum Gasteiger partial charge on any atom is -0.378 e. The second-order valence-electron chi connectivity index (χ2n) is 9.05. The molecule has 7 heteroatoms. The number of thiazole rings is 1. The lowest BCUT2D eigenvalue weighted by Crippen LogP contribution is -2.36. The molecule has 1 aromatic heterocycles. The van der Waals surface area contributed by atoms with Crippen molar-refractivity contribution >= 4 is 28.6 Å². The Bertz CT molecular complexity index is 1090. The average Bonchev–Trinajstić information content (AvgIpc) is 3.45. The zero-order valence-corrected chi connectivity index (χ0v) is 20.5. The van der Waals surface area contributed by atoms with Crippen LogP contribution < -0.4 is 10.2 Å². The molecule has 2 saturated heterocycles. The van der Waals surface area contributed by atoms with Gasteiger partial charge in [0.1, 0.15) is 0 Å². The molecule has 0 spiro atoms. The Morgan fingerprint density at radius 1 is 1.03 bits per heavy atom. The molecule has 0 radical (unpaired) electrons. The quantitative estimate of drug-likeness (QED) is 0.513. The fourth-order valence-electron chi connectivity index (χ4n) is 4.87. The van der Waals surface area contributed by atoms with Crippen molar-refractivity contribution < 1.29 is 9.53 Å². The molecule has 5 rings (SSSR count). The summed E-state index contributed by atoms with van der Waals surface area (Å²) in [7, 11) is 0. The number of piperidine rings is 1. The summed E-state index contributed by atoms with van der Waals surface area (Å²) in [5, 5.41) is 5.22. The van der Waals surface area contributed by atoms with Gasteiger partial charge in [0.25, 0.3) is 5.91 Å². The van der Waals surface area contributed by atoms with E-state index in [1.165, 1.54) is 30.5 Å². The molecule has 0 bridgehead atoms. The number of anilines is 2. The van der Waals surface area contributed by atoms with Crippen LogP contribution >= 0.6 is 11.3 Å². The normalized spacial score (nSPS) is 18.0. The number of morpholine rings is 1. The number of aromatic nitrogens is 1. The van der Waals surface area contributed by atoms with Crippen molar-refractivity contribution in [3.8, 4) is 11.3 Å². The Balaban J connectivity index is 1.39. The van der Waals surface area contributed by atoms with Gasteiger partial charge in [-0.05, 0) is 68.8 Å². The van der Waals surface area contributed by atoms with Crippen LogP contribution in [-0.4, -0.2) is 55.2 Å². The molecular formula is C27H32N4O2S. The highest BCUT2D eigenvalue weighted by Gasteiger charge is 2.23. The van der Waals surface area contributed by atoms with Crippen LogP contribution in [0.2, 0.25) is 0 Å². The lowest BCUT2D eigenvalue weighted by molar-refractivity contribution is 0.102. The van der Waals surface area contributed by atoms with Crippen molar-refractivity contribution in [2.75, 3.05) is 49.6 Å². The van der Waals surface area contributed by atoms with E-state index in [0.29, 0.717) is 5.56 Å². The SMILES string of the molecule is CC(c1cc(N2CCOCC2)ccc1NC(=O)c1ccc(-c2cscn2)cc1)N1CCCCC1. The molecule has 2 aliphatic rings. The van der Waals surface area contributed by atoms with Gasteiger partial charge < -0.3 is 15.0 Å². The number of amides is 1. The van der Waals surface area contributed by atoms with E-state index in [-0.39, 0.29) is 11.9 Å². The summed E-state index contributed by atoms with van der Waals surface area (Å²) in [6, 6.07) is 14.4. The minimum absolute atomic E-state index is 0.0870. The summed E-state index contributed by atoms with van der Waals surface area (Å²) >= 11 is 1.57. The van der Waals surface area contributed by atoms with Gasteiger partial charge in [0.05, 0.1) is 24.4 Å². The molecule has 3 heterocycles. The lowest BCUT2D eigenvalue weighted by Gasteiger charge is -2.35. The predicted octanol–water partition coefficient (Wildman–Crippen LogP) is 5.45. The van der Waals surface area contributed by atoms with E-state index in [4.69, 9.17) is 4.74 Å². The molecule has 1 atom stereocenters. The third kappa shape index (κ3) is 5.17. The smallest absolute Gasteiger partial charge is 0.255 e. The Morgan fingerprint density at radius 3 is 2.50 bits per heavy atom. The van der Waals surface area contributed by atoms with E-state index in [1.54, 1.807) is 11.3 Å². The van der Waals surface area contributed by atoms with Crippen LogP contribution in [0.4, 0.5) is 11.4 Å². The van der Waals surface area contributed by atoms with E-state index in [2.05, 4.69) is 45.2 Å². The summed E-state index contributed by atoms with van der Waals surface area (Å²) in [6.45, 7) is 7.78. The molecule has 2 aliphatic heterocycles. The van der Waals surface area contributed by atoms with Crippen molar-refractivity contribution in [3.63, 3.8) is 0 Å².